The number of nitriles is 1. The zero-order valence-corrected chi connectivity index (χ0v) is 15.7. The van der Waals surface area contributed by atoms with Gasteiger partial charge in [-0.1, -0.05) is 17.3 Å². The Hall–Kier alpha value is -3.11. The van der Waals surface area contributed by atoms with Gasteiger partial charge in [-0.25, -0.2) is 0 Å². The molecule has 0 saturated carbocycles. The predicted molar refractivity (Wildman–Crippen MR) is 99.8 cm³/mol. The molecule has 0 aliphatic rings. The van der Waals surface area contributed by atoms with E-state index in [-0.39, 0.29) is 5.57 Å². The van der Waals surface area contributed by atoms with Crippen LogP contribution in [0.2, 0.25) is 0 Å². The van der Waals surface area contributed by atoms with Crippen molar-refractivity contribution in [1.29, 1.82) is 5.26 Å². The largest absolute Gasteiger partial charge is 0.489 e. The molecular formula is C20H23N3O4. The van der Waals surface area contributed by atoms with Gasteiger partial charge >= 0.3 is 0 Å². The Morgan fingerprint density at radius 2 is 2.07 bits per heavy atom. The summed E-state index contributed by atoms with van der Waals surface area (Å²) in [5.41, 5.74) is 2.53. The Labute approximate surface area is 158 Å². The van der Waals surface area contributed by atoms with Crippen molar-refractivity contribution in [2.75, 3.05) is 20.3 Å². The van der Waals surface area contributed by atoms with E-state index in [2.05, 4.69) is 10.5 Å². The molecular weight excluding hydrogens is 346 g/mol. The number of methoxy groups -OCH3 is 1. The van der Waals surface area contributed by atoms with Crippen LogP contribution in [0, 0.1) is 25.2 Å². The summed E-state index contributed by atoms with van der Waals surface area (Å²) in [5.74, 6) is 1.02. The number of aromatic nitrogens is 1. The first-order valence-corrected chi connectivity index (χ1v) is 8.58. The lowest BCUT2D eigenvalue weighted by Gasteiger charge is -2.06. The number of rotatable bonds is 9. The first-order chi connectivity index (χ1) is 13.0. The zero-order valence-electron chi connectivity index (χ0n) is 15.7. The van der Waals surface area contributed by atoms with Crippen LogP contribution in [0.1, 0.15) is 29.0 Å². The van der Waals surface area contributed by atoms with Crippen LogP contribution in [0.3, 0.4) is 0 Å². The van der Waals surface area contributed by atoms with Crippen molar-refractivity contribution >= 4 is 12.0 Å². The maximum atomic E-state index is 12.0. The van der Waals surface area contributed by atoms with Crippen molar-refractivity contribution in [2.45, 2.75) is 26.9 Å². The number of nitrogens with one attached hydrogen (secondary N) is 1. The second kappa shape index (κ2) is 10.1. The summed E-state index contributed by atoms with van der Waals surface area (Å²) < 4.78 is 15.8. The quantitative estimate of drug-likeness (QED) is 0.415. The molecule has 142 valence electrons. The van der Waals surface area contributed by atoms with Gasteiger partial charge in [-0.3, -0.25) is 4.79 Å². The molecule has 7 heteroatoms. The van der Waals surface area contributed by atoms with E-state index in [1.807, 2.05) is 19.9 Å². The Kier molecular flexibility index (Phi) is 7.59. The Morgan fingerprint density at radius 1 is 1.33 bits per heavy atom. The second-order valence-electron chi connectivity index (χ2n) is 5.93. The molecule has 2 aromatic rings. The van der Waals surface area contributed by atoms with E-state index >= 15 is 0 Å². The molecule has 0 unspecified atom stereocenters. The summed E-state index contributed by atoms with van der Waals surface area (Å²) >= 11 is 0. The van der Waals surface area contributed by atoms with Crippen LogP contribution in [-0.2, 0) is 16.1 Å². The maximum Gasteiger partial charge on any atom is 0.261 e. The van der Waals surface area contributed by atoms with Crippen molar-refractivity contribution < 1.29 is 18.8 Å². The molecule has 0 radical (unpaired) electrons. The van der Waals surface area contributed by atoms with E-state index in [1.54, 1.807) is 37.5 Å². The van der Waals surface area contributed by atoms with Crippen molar-refractivity contribution in [3.8, 4) is 11.8 Å². The van der Waals surface area contributed by atoms with Crippen molar-refractivity contribution in [3.05, 3.63) is 52.4 Å². The number of carbonyl (C=O) groups is 1. The Morgan fingerprint density at radius 3 is 2.67 bits per heavy atom. The fourth-order valence-electron chi connectivity index (χ4n) is 2.35. The molecule has 0 spiro atoms. The SMILES string of the molecule is COCCCNC(=O)/C(C#N)=C/c1ccc(OCc2c(C)noc2C)cc1. The van der Waals surface area contributed by atoms with Gasteiger partial charge in [-0.15, -0.1) is 0 Å². The molecule has 1 aromatic carbocycles. The highest BCUT2D eigenvalue weighted by Gasteiger charge is 2.10. The molecule has 0 aliphatic carbocycles. The number of amides is 1. The molecule has 0 bridgehead atoms. The normalized spacial score (nSPS) is 11.1. The van der Waals surface area contributed by atoms with Crippen LogP contribution in [0.15, 0.2) is 34.4 Å². The van der Waals surface area contributed by atoms with E-state index in [0.29, 0.717) is 31.9 Å². The van der Waals surface area contributed by atoms with Crippen LogP contribution in [0.5, 0.6) is 5.75 Å². The van der Waals surface area contributed by atoms with E-state index in [0.717, 1.165) is 22.6 Å². The van der Waals surface area contributed by atoms with Crippen LogP contribution in [0.25, 0.3) is 6.08 Å². The van der Waals surface area contributed by atoms with Gasteiger partial charge in [-0.2, -0.15) is 5.26 Å². The van der Waals surface area contributed by atoms with Gasteiger partial charge in [0.1, 0.15) is 29.8 Å². The lowest BCUT2D eigenvalue weighted by Crippen LogP contribution is -2.26. The van der Waals surface area contributed by atoms with E-state index < -0.39 is 5.91 Å². The standard InChI is InChI=1S/C20H23N3O4/c1-14-19(15(2)27-23-14)13-26-18-7-5-16(6-8-18)11-17(12-21)20(24)22-9-4-10-25-3/h5-8,11H,4,9-10,13H2,1-3H3,(H,22,24)/b17-11+. The fraction of sp³-hybridized carbons (Fsp3) is 0.350. The van der Waals surface area contributed by atoms with Gasteiger partial charge in [0.2, 0.25) is 0 Å². The number of nitrogens with zero attached hydrogens (tertiary/aromatic N) is 2. The number of hydrogen-bond acceptors (Lipinski definition) is 6. The van der Waals surface area contributed by atoms with Crippen molar-refractivity contribution in [3.63, 3.8) is 0 Å². The summed E-state index contributed by atoms with van der Waals surface area (Å²) in [4.78, 5) is 12.0. The van der Waals surface area contributed by atoms with Gasteiger partial charge in [0, 0.05) is 20.3 Å². The number of benzene rings is 1. The molecule has 27 heavy (non-hydrogen) atoms. The Bertz CT molecular complexity index is 812. The van der Waals surface area contributed by atoms with E-state index in [1.165, 1.54) is 0 Å². The van der Waals surface area contributed by atoms with E-state index in [9.17, 15) is 10.1 Å². The van der Waals surface area contributed by atoms with Gasteiger partial charge in [-0.05, 0) is 44.0 Å². The molecule has 0 saturated heterocycles. The van der Waals surface area contributed by atoms with Gasteiger partial charge in [0.15, 0.2) is 0 Å². The lowest BCUT2D eigenvalue weighted by atomic mass is 10.1. The zero-order chi connectivity index (χ0) is 19.6. The highest BCUT2D eigenvalue weighted by Crippen LogP contribution is 2.19. The van der Waals surface area contributed by atoms with Gasteiger partial charge < -0.3 is 19.3 Å². The van der Waals surface area contributed by atoms with Crippen LogP contribution < -0.4 is 10.1 Å². The third-order valence-corrected chi connectivity index (χ3v) is 3.93. The van der Waals surface area contributed by atoms with Crippen molar-refractivity contribution in [2.24, 2.45) is 0 Å². The molecule has 1 aromatic heterocycles. The first kappa shape index (κ1) is 20.2. The van der Waals surface area contributed by atoms with Crippen LogP contribution >= 0.6 is 0 Å². The second-order valence-corrected chi connectivity index (χ2v) is 5.93. The predicted octanol–water partition coefficient (Wildman–Crippen LogP) is 2.93. The molecule has 1 amide bonds. The topological polar surface area (TPSA) is 97.4 Å². The average molecular weight is 369 g/mol. The number of aryl methyl sites for hydroxylation is 2. The Balaban J connectivity index is 1.95. The molecule has 1 heterocycles. The van der Waals surface area contributed by atoms with Gasteiger partial charge in [0.25, 0.3) is 5.91 Å². The number of ether oxygens (including phenoxy) is 2. The highest BCUT2D eigenvalue weighted by molar-refractivity contribution is 6.01. The van der Waals surface area contributed by atoms with Crippen LogP contribution in [0.4, 0.5) is 0 Å². The smallest absolute Gasteiger partial charge is 0.261 e. The molecule has 0 fully saturated rings. The maximum absolute atomic E-state index is 12.0. The van der Waals surface area contributed by atoms with Crippen molar-refractivity contribution in [1.82, 2.24) is 10.5 Å². The first-order valence-electron chi connectivity index (χ1n) is 8.58. The third kappa shape index (κ3) is 5.97. The number of carbonyl (C=O) groups excluding carboxylic acids is 1. The summed E-state index contributed by atoms with van der Waals surface area (Å²) in [5, 5.41) is 15.8. The fourth-order valence-corrected chi connectivity index (χ4v) is 2.35. The molecule has 2 rings (SSSR count). The minimum atomic E-state index is -0.396. The molecule has 0 atom stereocenters. The summed E-state index contributed by atoms with van der Waals surface area (Å²) in [6.07, 6.45) is 2.24. The monoisotopic (exact) mass is 369 g/mol. The minimum absolute atomic E-state index is 0.0526. The lowest BCUT2D eigenvalue weighted by molar-refractivity contribution is -0.117. The van der Waals surface area contributed by atoms with Gasteiger partial charge in [0.05, 0.1) is 11.3 Å². The minimum Gasteiger partial charge on any atom is -0.489 e. The number of hydrogen-bond donors (Lipinski definition) is 1. The molecule has 1 N–H and O–H groups in total. The average Bonchev–Trinajstić information content (AvgIpc) is 3.00. The molecule has 0 aliphatic heterocycles. The summed E-state index contributed by atoms with van der Waals surface area (Å²) in [7, 11) is 1.60. The van der Waals surface area contributed by atoms with E-state index in [4.69, 9.17) is 14.0 Å². The van der Waals surface area contributed by atoms with Crippen LogP contribution in [-0.4, -0.2) is 31.3 Å². The highest BCUT2D eigenvalue weighted by atomic mass is 16.5. The third-order valence-electron chi connectivity index (χ3n) is 3.93. The summed E-state index contributed by atoms with van der Waals surface area (Å²) in [6, 6.07) is 9.09. The summed E-state index contributed by atoms with van der Waals surface area (Å²) in [6.45, 7) is 5.09. The molecule has 7 nitrogen and oxygen atoms in total.